The molecule has 0 atom stereocenters. The Morgan fingerprint density at radius 2 is 1.87 bits per heavy atom. The van der Waals surface area contributed by atoms with Crippen molar-refractivity contribution < 1.29 is 4.79 Å². The first-order valence-electron chi connectivity index (χ1n) is 4.53. The Morgan fingerprint density at radius 3 is 2.40 bits per heavy atom. The summed E-state index contributed by atoms with van der Waals surface area (Å²) in [5.41, 5.74) is 6.14. The fraction of sp³-hybridized carbons (Fsp3) is 0.300. The Labute approximate surface area is 98.5 Å². The molecule has 0 radical (unpaired) electrons. The summed E-state index contributed by atoms with van der Waals surface area (Å²) in [5.74, 6) is -0.164. The summed E-state index contributed by atoms with van der Waals surface area (Å²) in [6, 6.07) is 5.31. The minimum absolute atomic E-state index is 0.0102. The van der Waals surface area contributed by atoms with E-state index in [1.54, 1.807) is 6.07 Å². The van der Waals surface area contributed by atoms with E-state index < -0.39 is 0 Å². The van der Waals surface area contributed by atoms with Gasteiger partial charge in [-0.05, 0) is 30.2 Å². The van der Waals surface area contributed by atoms with Gasteiger partial charge in [0.25, 0.3) is 0 Å². The Kier molecular flexibility index (Phi) is 4.88. The molecule has 15 heavy (non-hydrogen) atoms. The zero-order valence-electron chi connectivity index (χ0n) is 8.09. The van der Waals surface area contributed by atoms with Gasteiger partial charge >= 0.3 is 0 Å². The summed E-state index contributed by atoms with van der Waals surface area (Å²) in [6.07, 6.45) is 0.687. The van der Waals surface area contributed by atoms with Crippen LogP contribution in [0.4, 0.5) is 0 Å². The van der Waals surface area contributed by atoms with Gasteiger partial charge in [-0.25, -0.2) is 0 Å². The lowest BCUT2D eigenvalue weighted by molar-refractivity contribution is -0.119. The maximum atomic E-state index is 10.8. The van der Waals surface area contributed by atoms with Crippen LogP contribution in [-0.4, -0.2) is 19.0 Å². The van der Waals surface area contributed by atoms with Crippen LogP contribution in [0.5, 0.6) is 0 Å². The van der Waals surface area contributed by atoms with E-state index in [4.69, 9.17) is 28.9 Å². The Balaban J connectivity index is 2.47. The van der Waals surface area contributed by atoms with E-state index in [9.17, 15) is 4.79 Å². The predicted molar refractivity (Wildman–Crippen MR) is 62.2 cm³/mol. The molecule has 0 aromatic heterocycles. The average molecular weight is 247 g/mol. The van der Waals surface area contributed by atoms with E-state index in [-0.39, 0.29) is 12.5 Å². The number of nitrogens with one attached hydrogen (secondary N) is 1. The lowest BCUT2D eigenvalue weighted by atomic mass is 10.1. The van der Waals surface area contributed by atoms with Crippen molar-refractivity contribution in [1.82, 2.24) is 5.32 Å². The Bertz CT molecular complexity index is 335. The van der Waals surface area contributed by atoms with Gasteiger partial charge in [0.15, 0.2) is 0 Å². The number of hydrogen-bond acceptors (Lipinski definition) is 2. The second kappa shape index (κ2) is 5.95. The molecule has 0 aliphatic heterocycles. The van der Waals surface area contributed by atoms with Crippen LogP contribution in [0.15, 0.2) is 18.2 Å². The highest BCUT2D eigenvalue weighted by atomic mass is 35.5. The highest BCUT2D eigenvalue weighted by molar-refractivity contribution is 6.34. The largest absolute Gasteiger partial charge is 0.355 e. The smallest absolute Gasteiger partial charge is 0.233 e. The van der Waals surface area contributed by atoms with Gasteiger partial charge in [0.2, 0.25) is 5.91 Å². The molecule has 0 heterocycles. The van der Waals surface area contributed by atoms with Gasteiger partial charge in [0.05, 0.1) is 6.54 Å². The molecule has 0 unspecified atom stereocenters. The molecule has 0 aliphatic rings. The molecule has 1 aromatic rings. The molecular weight excluding hydrogens is 235 g/mol. The second-order valence-electron chi connectivity index (χ2n) is 3.08. The van der Waals surface area contributed by atoms with Gasteiger partial charge in [-0.1, -0.05) is 23.2 Å². The average Bonchev–Trinajstić information content (AvgIpc) is 2.16. The van der Waals surface area contributed by atoms with E-state index in [0.29, 0.717) is 23.0 Å². The summed E-state index contributed by atoms with van der Waals surface area (Å²) in [5, 5.41) is 3.87. The maximum Gasteiger partial charge on any atom is 0.233 e. The van der Waals surface area contributed by atoms with Gasteiger partial charge in [0, 0.05) is 16.6 Å². The van der Waals surface area contributed by atoms with Crippen molar-refractivity contribution in [2.75, 3.05) is 13.1 Å². The summed E-state index contributed by atoms with van der Waals surface area (Å²) in [4.78, 5) is 10.8. The van der Waals surface area contributed by atoms with Crippen LogP contribution < -0.4 is 11.1 Å². The van der Waals surface area contributed by atoms with Crippen molar-refractivity contribution in [1.29, 1.82) is 0 Å². The normalized spacial score (nSPS) is 10.1. The highest BCUT2D eigenvalue weighted by Gasteiger charge is 2.00. The monoisotopic (exact) mass is 246 g/mol. The van der Waals surface area contributed by atoms with Crippen LogP contribution in [0.25, 0.3) is 0 Å². The van der Waals surface area contributed by atoms with E-state index in [0.717, 1.165) is 5.56 Å². The standard InChI is InChI=1S/C10H12Cl2N2O/c11-8-3-7(4-9(12)5-8)1-2-14-10(15)6-13/h3-5H,1-2,6,13H2,(H,14,15). The van der Waals surface area contributed by atoms with Crippen LogP contribution in [0.3, 0.4) is 0 Å². The molecule has 1 aromatic carbocycles. The minimum atomic E-state index is -0.164. The zero-order valence-corrected chi connectivity index (χ0v) is 9.61. The number of rotatable bonds is 4. The summed E-state index contributed by atoms with van der Waals surface area (Å²) in [6.45, 7) is 0.545. The summed E-state index contributed by atoms with van der Waals surface area (Å²) >= 11 is 11.7. The van der Waals surface area contributed by atoms with Gasteiger partial charge < -0.3 is 11.1 Å². The molecule has 1 amide bonds. The van der Waals surface area contributed by atoms with Gasteiger partial charge in [-0.15, -0.1) is 0 Å². The highest BCUT2D eigenvalue weighted by Crippen LogP contribution is 2.19. The first kappa shape index (κ1) is 12.3. The van der Waals surface area contributed by atoms with Gasteiger partial charge in [-0.2, -0.15) is 0 Å². The number of benzene rings is 1. The zero-order chi connectivity index (χ0) is 11.3. The Hall–Kier alpha value is -0.770. The predicted octanol–water partition coefficient (Wildman–Crippen LogP) is 1.61. The van der Waals surface area contributed by atoms with Crippen LogP contribution >= 0.6 is 23.2 Å². The first-order valence-corrected chi connectivity index (χ1v) is 5.29. The van der Waals surface area contributed by atoms with Crippen molar-refractivity contribution in [3.8, 4) is 0 Å². The molecule has 0 saturated heterocycles. The number of carbonyl (C=O) groups is 1. The van der Waals surface area contributed by atoms with Gasteiger partial charge in [-0.3, -0.25) is 4.79 Å². The number of amides is 1. The number of nitrogens with two attached hydrogens (primary N) is 1. The fourth-order valence-corrected chi connectivity index (χ4v) is 1.74. The third-order valence-electron chi connectivity index (χ3n) is 1.84. The van der Waals surface area contributed by atoms with E-state index in [2.05, 4.69) is 5.32 Å². The van der Waals surface area contributed by atoms with Crippen molar-refractivity contribution in [3.05, 3.63) is 33.8 Å². The van der Waals surface area contributed by atoms with Crippen LogP contribution in [0, 0.1) is 0 Å². The number of halogens is 2. The molecular formula is C10H12Cl2N2O. The molecule has 0 saturated carbocycles. The first-order chi connectivity index (χ1) is 7.11. The van der Waals surface area contributed by atoms with Crippen LogP contribution in [-0.2, 0) is 11.2 Å². The Morgan fingerprint density at radius 1 is 1.27 bits per heavy atom. The number of carbonyl (C=O) groups excluding carboxylic acids is 1. The SMILES string of the molecule is NCC(=O)NCCc1cc(Cl)cc(Cl)c1. The summed E-state index contributed by atoms with van der Waals surface area (Å²) < 4.78 is 0. The summed E-state index contributed by atoms with van der Waals surface area (Å²) in [7, 11) is 0. The topological polar surface area (TPSA) is 55.1 Å². The van der Waals surface area contributed by atoms with Crippen molar-refractivity contribution >= 4 is 29.1 Å². The molecule has 0 bridgehead atoms. The fourth-order valence-electron chi connectivity index (χ4n) is 1.17. The van der Waals surface area contributed by atoms with E-state index >= 15 is 0 Å². The molecule has 82 valence electrons. The quantitative estimate of drug-likeness (QED) is 0.849. The molecule has 5 heteroatoms. The third-order valence-corrected chi connectivity index (χ3v) is 2.28. The van der Waals surface area contributed by atoms with Crippen molar-refractivity contribution in [2.45, 2.75) is 6.42 Å². The molecule has 0 fully saturated rings. The van der Waals surface area contributed by atoms with E-state index in [1.807, 2.05) is 12.1 Å². The number of hydrogen-bond donors (Lipinski definition) is 2. The lowest BCUT2D eigenvalue weighted by Crippen LogP contribution is -2.31. The molecule has 0 spiro atoms. The van der Waals surface area contributed by atoms with Gasteiger partial charge in [0.1, 0.15) is 0 Å². The van der Waals surface area contributed by atoms with Crippen LogP contribution in [0.2, 0.25) is 10.0 Å². The minimum Gasteiger partial charge on any atom is -0.355 e. The lowest BCUT2D eigenvalue weighted by Gasteiger charge is -2.04. The molecule has 3 nitrogen and oxygen atoms in total. The van der Waals surface area contributed by atoms with Crippen molar-refractivity contribution in [3.63, 3.8) is 0 Å². The van der Waals surface area contributed by atoms with E-state index in [1.165, 1.54) is 0 Å². The maximum absolute atomic E-state index is 10.8. The van der Waals surface area contributed by atoms with Crippen molar-refractivity contribution in [2.24, 2.45) is 5.73 Å². The third kappa shape index (κ3) is 4.51. The molecule has 1 rings (SSSR count). The molecule has 3 N–H and O–H groups in total. The van der Waals surface area contributed by atoms with Crippen LogP contribution in [0.1, 0.15) is 5.56 Å². The molecule has 0 aliphatic carbocycles. The second-order valence-corrected chi connectivity index (χ2v) is 3.95.